The Morgan fingerprint density at radius 1 is 1.27 bits per heavy atom. The Bertz CT molecular complexity index is 549. The summed E-state index contributed by atoms with van der Waals surface area (Å²) >= 11 is 5.54. The highest BCUT2D eigenvalue weighted by atomic mass is 35.5. The number of aryl methyl sites for hydroxylation is 2. The van der Waals surface area contributed by atoms with Crippen LogP contribution in [0.25, 0.3) is 10.9 Å². The quantitative estimate of drug-likeness (QED) is 0.690. The van der Waals surface area contributed by atoms with Crippen LogP contribution < -0.4 is 0 Å². The van der Waals surface area contributed by atoms with Crippen molar-refractivity contribution >= 4 is 27.7 Å². The minimum atomic E-state index is -0.434. The molecular formula is C12H10ClNO. The molecule has 0 amide bonds. The first kappa shape index (κ1) is 10.1. The highest BCUT2D eigenvalue weighted by Gasteiger charge is 2.09. The van der Waals surface area contributed by atoms with E-state index in [1.54, 1.807) is 6.07 Å². The summed E-state index contributed by atoms with van der Waals surface area (Å²) in [6.45, 7) is 3.82. The van der Waals surface area contributed by atoms with Crippen molar-refractivity contribution in [1.29, 1.82) is 0 Å². The summed E-state index contributed by atoms with van der Waals surface area (Å²) in [6.07, 6.45) is 0. The topological polar surface area (TPSA) is 30.0 Å². The van der Waals surface area contributed by atoms with E-state index in [0.29, 0.717) is 5.56 Å². The van der Waals surface area contributed by atoms with Gasteiger partial charge in [-0.05, 0) is 43.6 Å². The number of hydrogen-bond donors (Lipinski definition) is 0. The van der Waals surface area contributed by atoms with E-state index in [2.05, 4.69) is 4.98 Å². The van der Waals surface area contributed by atoms with Crippen LogP contribution >= 0.6 is 11.6 Å². The van der Waals surface area contributed by atoms with E-state index in [9.17, 15) is 4.79 Å². The van der Waals surface area contributed by atoms with Crippen LogP contribution in [0.4, 0.5) is 0 Å². The average Bonchev–Trinajstić information content (AvgIpc) is 2.17. The van der Waals surface area contributed by atoms with Gasteiger partial charge in [0, 0.05) is 16.6 Å². The molecule has 0 aliphatic carbocycles. The molecule has 0 saturated carbocycles. The minimum absolute atomic E-state index is 0.434. The summed E-state index contributed by atoms with van der Waals surface area (Å²) in [5.41, 5.74) is 3.23. The maximum atomic E-state index is 11.3. The first-order valence-corrected chi connectivity index (χ1v) is 5.03. The second-order valence-electron chi connectivity index (χ2n) is 3.61. The second-order valence-corrected chi connectivity index (χ2v) is 3.95. The summed E-state index contributed by atoms with van der Waals surface area (Å²) in [7, 11) is 0. The molecule has 0 fully saturated rings. The number of rotatable bonds is 1. The van der Waals surface area contributed by atoms with Crippen LogP contribution in [-0.4, -0.2) is 10.2 Å². The summed E-state index contributed by atoms with van der Waals surface area (Å²) in [4.78, 5) is 15.6. The lowest BCUT2D eigenvalue weighted by molar-refractivity contribution is 0.108. The fraction of sp³-hybridized carbons (Fsp3) is 0.167. The maximum Gasteiger partial charge on any atom is 0.253 e. The Balaban J connectivity index is 2.87. The summed E-state index contributed by atoms with van der Waals surface area (Å²) in [5, 5.41) is 0.386. The number of aromatic nitrogens is 1. The molecule has 2 nitrogen and oxygen atoms in total. The molecule has 0 spiro atoms. The van der Waals surface area contributed by atoms with Crippen molar-refractivity contribution in [3.63, 3.8) is 0 Å². The van der Waals surface area contributed by atoms with Gasteiger partial charge in [0.25, 0.3) is 5.24 Å². The lowest BCUT2D eigenvalue weighted by Crippen LogP contribution is -1.95. The molecule has 0 aliphatic heterocycles. The van der Waals surface area contributed by atoms with E-state index in [1.807, 2.05) is 32.0 Å². The maximum absolute atomic E-state index is 11.3. The number of carbonyl (C=O) groups excluding carboxylic acids is 1. The first-order chi connectivity index (χ1) is 7.08. The van der Waals surface area contributed by atoms with E-state index < -0.39 is 5.24 Å². The Labute approximate surface area is 92.9 Å². The largest absolute Gasteiger partial charge is 0.276 e. The van der Waals surface area contributed by atoms with Gasteiger partial charge >= 0.3 is 0 Å². The van der Waals surface area contributed by atoms with Crippen molar-refractivity contribution in [2.75, 3.05) is 0 Å². The van der Waals surface area contributed by atoms with Gasteiger partial charge in [-0.3, -0.25) is 9.78 Å². The van der Waals surface area contributed by atoms with E-state index in [1.165, 1.54) is 0 Å². The summed E-state index contributed by atoms with van der Waals surface area (Å²) in [5.74, 6) is 0. The molecule has 0 bridgehead atoms. The van der Waals surface area contributed by atoms with Crippen LogP contribution in [0, 0.1) is 13.8 Å². The van der Waals surface area contributed by atoms with Gasteiger partial charge in [0.2, 0.25) is 0 Å². The molecule has 0 saturated heterocycles. The number of benzene rings is 1. The van der Waals surface area contributed by atoms with Gasteiger partial charge in [0.05, 0.1) is 5.52 Å². The van der Waals surface area contributed by atoms with Crippen molar-refractivity contribution in [1.82, 2.24) is 4.98 Å². The molecule has 0 radical (unpaired) electrons. The van der Waals surface area contributed by atoms with Crippen molar-refractivity contribution in [3.8, 4) is 0 Å². The third-order valence-corrected chi connectivity index (χ3v) is 2.51. The van der Waals surface area contributed by atoms with Gasteiger partial charge in [-0.2, -0.15) is 0 Å². The summed E-state index contributed by atoms with van der Waals surface area (Å²) < 4.78 is 0. The lowest BCUT2D eigenvalue weighted by atomic mass is 10.1. The number of halogens is 1. The van der Waals surface area contributed by atoms with E-state index in [-0.39, 0.29) is 0 Å². The fourth-order valence-corrected chi connectivity index (χ4v) is 1.79. The van der Waals surface area contributed by atoms with Crippen LogP contribution in [0.1, 0.15) is 21.6 Å². The zero-order valence-electron chi connectivity index (χ0n) is 8.54. The molecule has 0 aliphatic rings. The highest BCUT2D eigenvalue weighted by Crippen LogP contribution is 2.21. The Kier molecular flexibility index (Phi) is 2.45. The number of pyridine rings is 1. The Morgan fingerprint density at radius 3 is 2.67 bits per heavy atom. The van der Waals surface area contributed by atoms with Gasteiger partial charge in [-0.15, -0.1) is 0 Å². The van der Waals surface area contributed by atoms with Gasteiger partial charge in [0.15, 0.2) is 0 Å². The minimum Gasteiger partial charge on any atom is -0.276 e. The molecule has 1 aromatic carbocycles. The standard InChI is InChI=1S/C12H10ClNO/c1-7-3-4-11-9(5-7)10(12(13)15)6-8(2)14-11/h3-6H,1-2H3. The predicted molar refractivity (Wildman–Crippen MR) is 61.4 cm³/mol. The van der Waals surface area contributed by atoms with E-state index in [0.717, 1.165) is 22.2 Å². The van der Waals surface area contributed by atoms with Gasteiger partial charge in [-0.1, -0.05) is 11.6 Å². The van der Waals surface area contributed by atoms with Crippen LogP contribution in [0.5, 0.6) is 0 Å². The molecule has 2 rings (SSSR count). The van der Waals surface area contributed by atoms with Crippen LogP contribution in [0.15, 0.2) is 24.3 Å². The molecule has 1 heterocycles. The molecule has 76 valence electrons. The number of carbonyl (C=O) groups is 1. The molecule has 15 heavy (non-hydrogen) atoms. The zero-order chi connectivity index (χ0) is 11.0. The molecule has 1 aromatic heterocycles. The smallest absolute Gasteiger partial charge is 0.253 e. The normalized spacial score (nSPS) is 10.6. The molecule has 0 N–H and O–H groups in total. The van der Waals surface area contributed by atoms with Crippen molar-refractivity contribution in [2.24, 2.45) is 0 Å². The van der Waals surface area contributed by atoms with Gasteiger partial charge in [-0.25, -0.2) is 0 Å². The van der Waals surface area contributed by atoms with Gasteiger partial charge < -0.3 is 0 Å². The third-order valence-electron chi connectivity index (χ3n) is 2.30. The monoisotopic (exact) mass is 219 g/mol. The summed E-state index contributed by atoms with van der Waals surface area (Å²) in [6, 6.07) is 7.52. The third kappa shape index (κ3) is 1.85. The Hall–Kier alpha value is -1.41. The SMILES string of the molecule is Cc1ccc2nc(C)cc(C(=O)Cl)c2c1. The van der Waals surface area contributed by atoms with Gasteiger partial charge in [0.1, 0.15) is 0 Å². The number of fused-ring (bicyclic) bond motifs is 1. The molecule has 2 aromatic rings. The predicted octanol–water partition coefficient (Wildman–Crippen LogP) is 3.23. The van der Waals surface area contributed by atoms with E-state index in [4.69, 9.17) is 11.6 Å². The van der Waals surface area contributed by atoms with Crippen molar-refractivity contribution in [3.05, 3.63) is 41.1 Å². The zero-order valence-corrected chi connectivity index (χ0v) is 9.30. The number of hydrogen-bond acceptors (Lipinski definition) is 2. The molecule has 0 unspecified atom stereocenters. The van der Waals surface area contributed by atoms with Crippen molar-refractivity contribution < 1.29 is 4.79 Å². The van der Waals surface area contributed by atoms with Crippen molar-refractivity contribution in [2.45, 2.75) is 13.8 Å². The lowest BCUT2D eigenvalue weighted by Gasteiger charge is -2.04. The first-order valence-electron chi connectivity index (χ1n) is 4.66. The fourth-order valence-electron chi connectivity index (χ4n) is 1.63. The van der Waals surface area contributed by atoms with Crippen LogP contribution in [-0.2, 0) is 0 Å². The van der Waals surface area contributed by atoms with Crippen LogP contribution in [0.2, 0.25) is 0 Å². The highest BCUT2D eigenvalue weighted by molar-refractivity contribution is 6.68. The molecule has 0 atom stereocenters. The Morgan fingerprint density at radius 2 is 2.00 bits per heavy atom. The average molecular weight is 220 g/mol. The molecule has 3 heteroatoms. The van der Waals surface area contributed by atoms with Crippen LogP contribution in [0.3, 0.4) is 0 Å². The van der Waals surface area contributed by atoms with E-state index >= 15 is 0 Å². The second kappa shape index (κ2) is 3.63. The number of nitrogens with zero attached hydrogens (tertiary/aromatic N) is 1. The molecular weight excluding hydrogens is 210 g/mol.